The molecule has 1 heterocycles. The summed E-state index contributed by atoms with van der Waals surface area (Å²) < 4.78 is 10.9. The Kier molecular flexibility index (Phi) is 5.60. The van der Waals surface area contributed by atoms with E-state index >= 15 is 0 Å². The van der Waals surface area contributed by atoms with Gasteiger partial charge in [0.15, 0.2) is 12.5 Å². The SMILES string of the molecule is C=CCCOC1NC(=O)NC1OCCC=C. The zero-order valence-electron chi connectivity index (χ0n) is 9.28. The standard InChI is InChI=1S/C11H18N2O3/c1-3-5-7-15-9-10(13-11(14)12-9)16-8-6-4-2/h3-4,9-10H,1-2,5-8H2,(H2,12,13,14). The van der Waals surface area contributed by atoms with Gasteiger partial charge in [-0.25, -0.2) is 4.79 Å². The van der Waals surface area contributed by atoms with Crippen molar-refractivity contribution in [3.8, 4) is 0 Å². The van der Waals surface area contributed by atoms with Gasteiger partial charge in [0, 0.05) is 0 Å². The van der Waals surface area contributed by atoms with Gasteiger partial charge in [-0.3, -0.25) is 0 Å². The number of urea groups is 1. The van der Waals surface area contributed by atoms with Crippen LogP contribution in [0.25, 0.3) is 0 Å². The molecule has 5 heteroatoms. The van der Waals surface area contributed by atoms with Crippen molar-refractivity contribution in [1.82, 2.24) is 10.6 Å². The van der Waals surface area contributed by atoms with Crippen LogP contribution in [0.5, 0.6) is 0 Å². The van der Waals surface area contributed by atoms with E-state index in [1.54, 1.807) is 12.2 Å². The second-order valence-electron chi connectivity index (χ2n) is 3.36. The molecule has 0 saturated carbocycles. The maximum atomic E-state index is 11.1. The van der Waals surface area contributed by atoms with Crippen molar-refractivity contribution < 1.29 is 14.3 Å². The van der Waals surface area contributed by atoms with Crippen molar-refractivity contribution in [2.24, 2.45) is 0 Å². The predicted octanol–water partition coefficient (Wildman–Crippen LogP) is 1.14. The Labute approximate surface area is 95.5 Å². The number of carbonyl (C=O) groups excluding carboxylic acids is 1. The first kappa shape index (κ1) is 12.7. The molecule has 0 radical (unpaired) electrons. The van der Waals surface area contributed by atoms with Crippen molar-refractivity contribution in [3.63, 3.8) is 0 Å². The Morgan fingerprint density at radius 2 is 1.50 bits per heavy atom. The van der Waals surface area contributed by atoms with Gasteiger partial charge in [0.05, 0.1) is 13.2 Å². The average Bonchev–Trinajstić information content (AvgIpc) is 2.60. The van der Waals surface area contributed by atoms with Gasteiger partial charge >= 0.3 is 6.03 Å². The molecule has 2 amide bonds. The van der Waals surface area contributed by atoms with Gasteiger partial charge in [0.25, 0.3) is 0 Å². The fourth-order valence-corrected chi connectivity index (χ4v) is 1.27. The molecule has 0 aromatic rings. The zero-order valence-corrected chi connectivity index (χ0v) is 9.28. The number of ether oxygens (including phenoxy) is 2. The van der Waals surface area contributed by atoms with Crippen LogP contribution < -0.4 is 10.6 Å². The first-order valence-electron chi connectivity index (χ1n) is 5.30. The highest BCUT2D eigenvalue weighted by Gasteiger charge is 2.32. The maximum absolute atomic E-state index is 11.1. The summed E-state index contributed by atoms with van der Waals surface area (Å²) >= 11 is 0. The van der Waals surface area contributed by atoms with Gasteiger partial charge in [0.1, 0.15) is 0 Å². The molecule has 5 nitrogen and oxygen atoms in total. The third-order valence-electron chi connectivity index (χ3n) is 2.06. The second-order valence-corrected chi connectivity index (χ2v) is 3.36. The molecule has 2 N–H and O–H groups in total. The van der Waals surface area contributed by atoms with Crippen molar-refractivity contribution in [1.29, 1.82) is 0 Å². The molecular weight excluding hydrogens is 208 g/mol. The third kappa shape index (κ3) is 4.04. The Bertz CT molecular complexity index is 232. The van der Waals surface area contributed by atoms with Crippen LogP contribution in [-0.2, 0) is 9.47 Å². The minimum absolute atomic E-state index is 0.271. The summed E-state index contributed by atoms with van der Waals surface area (Å²) in [7, 11) is 0. The van der Waals surface area contributed by atoms with E-state index in [-0.39, 0.29) is 6.03 Å². The largest absolute Gasteiger partial charge is 0.353 e. The molecule has 0 spiro atoms. The molecule has 16 heavy (non-hydrogen) atoms. The van der Waals surface area contributed by atoms with Crippen molar-refractivity contribution in [2.45, 2.75) is 25.3 Å². The fourth-order valence-electron chi connectivity index (χ4n) is 1.27. The summed E-state index contributed by atoms with van der Waals surface area (Å²) in [6, 6.07) is -0.271. The molecule has 1 saturated heterocycles. The molecule has 0 aromatic heterocycles. The van der Waals surface area contributed by atoms with Crippen LogP contribution in [-0.4, -0.2) is 31.7 Å². The van der Waals surface area contributed by atoms with Gasteiger partial charge in [-0.2, -0.15) is 0 Å². The summed E-state index contributed by atoms with van der Waals surface area (Å²) in [4.78, 5) is 11.1. The van der Waals surface area contributed by atoms with Gasteiger partial charge in [0.2, 0.25) is 0 Å². The second kappa shape index (κ2) is 7.03. The van der Waals surface area contributed by atoms with E-state index in [9.17, 15) is 4.79 Å². The lowest BCUT2D eigenvalue weighted by Crippen LogP contribution is -2.38. The molecule has 1 aliphatic rings. The molecule has 0 aromatic carbocycles. The van der Waals surface area contributed by atoms with E-state index in [1.807, 2.05) is 0 Å². The van der Waals surface area contributed by atoms with Crippen LogP contribution in [0, 0.1) is 0 Å². The van der Waals surface area contributed by atoms with E-state index in [0.717, 1.165) is 12.8 Å². The summed E-state index contributed by atoms with van der Waals surface area (Å²) in [5.41, 5.74) is 0. The zero-order chi connectivity index (χ0) is 11.8. The number of hydrogen-bond donors (Lipinski definition) is 2. The Balaban J connectivity index is 2.30. The molecule has 2 atom stereocenters. The van der Waals surface area contributed by atoms with Crippen LogP contribution >= 0.6 is 0 Å². The molecular formula is C11H18N2O3. The molecule has 1 aliphatic heterocycles. The van der Waals surface area contributed by atoms with E-state index in [0.29, 0.717) is 13.2 Å². The molecule has 90 valence electrons. The van der Waals surface area contributed by atoms with E-state index in [4.69, 9.17) is 9.47 Å². The Morgan fingerprint density at radius 3 is 1.88 bits per heavy atom. The lowest BCUT2D eigenvalue weighted by molar-refractivity contribution is -0.0703. The molecule has 1 rings (SSSR count). The van der Waals surface area contributed by atoms with E-state index in [2.05, 4.69) is 23.8 Å². The van der Waals surface area contributed by atoms with Gasteiger partial charge in [-0.15, -0.1) is 13.2 Å². The topological polar surface area (TPSA) is 59.6 Å². The van der Waals surface area contributed by atoms with Gasteiger partial charge in [-0.05, 0) is 12.8 Å². The number of carbonyl (C=O) groups is 1. The van der Waals surface area contributed by atoms with Crippen molar-refractivity contribution in [3.05, 3.63) is 25.3 Å². The normalized spacial score (nSPS) is 23.6. The van der Waals surface area contributed by atoms with Crippen LogP contribution in [0.1, 0.15) is 12.8 Å². The number of amides is 2. The van der Waals surface area contributed by atoms with Crippen LogP contribution in [0.2, 0.25) is 0 Å². The minimum Gasteiger partial charge on any atom is -0.353 e. The summed E-state index contributed by atoms with van der Waals surface area (Å²) in [6.07, 6.45) is 4.14. The lowest BCUT2D eigenvalue weighted by atomic mass is 10.4. The molecule has 2 unspecified atom stereocenters. The van der Waals surface area contributed by atoms with Crippen LogP contribution in [0.4, 0.5) is 4.79 Å². The monoisotopic (exact) mass is 226 g/mol. The van der Waals surface area contributed by atoms with E-state index in [1.165, 1.54) is 0 Å². The fraction of sp³-hybridized carbons (Fsp3) is 0.545. The highest BCUT2D eigenvalue weighted by molar-refractivity contribution is 5.76. The summed E-state index contributed by atoms with van der Waals surface area (Å²) in [5.74, 6) is 0. The highest BCUT2D eigenvalue weighted by atomic mass is 16.6. The first-order chi connectivity index (χ1) is 7.77. The van der Waals surface area contributed by atoms with E-state index < -0.39 is 12.5 Å². The number of rotatable bonds is 8. The quantitative estimate of drug-likeness (QED) is 0.482. The van der Waals surface area contributed by atoms with Gasteiger partial charge < -0.3 is 20.1 Å². The van der Waals surface area contributed by atoms with Crippen LogP contribution in [0.3, 0.4) is 0 Å². The Hall–Kier alpha value is -1.33. The minimum atomic E-state index is -0.433. The van der Waals surface area contributed by atoms with Crippen LogP contribution in [0.15, 0.2) is 25.3 Å². The third-order valence-corrected chi connectivity index (χ3v) is 2.06. The predicted molar refractivity (Wildman–Crippen MR) is 60.8 cm³/mol. The van der Waals surface area contributed by atoms with Crippen molar-refractivity contribution >= 4 is 6.03 Å². The highest BCUT2D eigenvalue weighted by Crippen LogP contribution is 2.06. The lowest BCUT2D eigenvalue weighted by Gasteiger charge is -2.18. The number of nitrogens with one attached hydrogen (secondary N) is 2. The Morgan fingerprint density at radius 1 is 1.06 bits per heavy atom. The molecule has 1 fully saturated rings. The number of hydrogen-bond acceptors (Lipinski definition) is 3. The molecule has 0 bridgehead atoms. The molecule has 0 aliphatic carbocycles. The summed E-state index contributed by atoms with van der Waals surface area (Å²) in [6.45, 7) is 8.21. The summed E-state index contributed by atoms with van der Waals surface area (Å²) in [5, 5.41) is 5.26. The average molecular weight is 226 g/mol. The van der Waals surface area contributed by atoms with Crippen molar-refractivity contribution in [2.75, 3.05) is 13.2 Å². The maximum Gasteiger partial charge on any atom is 0.319 e. The first-order valence-corrected chi connectivity index (χ1v) is 5.30. The van der Waals surface area contributed by atoms with Gasteiger partial charge in [-0.1, -0.05) is 12.2 Å². The smallest absolute Gasteiger partial charge is 0.319 e.